The van der Waals surface area contributed by atoms with Gasteiger partial charge < -0.3 is 0 Å². The lowest BCUT2D eigenvalue weighted by molar-refractivity contribution is 0.0832. The fourth-order valence-corrected chi connectivity index (χ4v) is 5.09. The van der Waals surface area contributed by atoms with Gasteiger partial charge in [0.1, 0.15) is 0 Å². The summed E-state index contributed by atoms with van der Waals surface area (Å²) >= 11 is 6.03. The predicted octanol–water partition coefficient (Wildman–Crippen LogP) is 5.81. The molecule has 1 aromatic heterocycles. The van der Waals surface area contributed by atoms with Crippen molar-refractivity contribution in [2.75, 3.05) is 6.54 Å². The number of hydrogen-bond donors (Lipinski definition) is 1. The Labute approximate surface area is 171 Å². The van der Waals surface area contributed by atoms with Crippen LogP contribution in [0.1, 0.15) is 48.5 Å². The van der Waals surface area contributed by atoms with Crippen molar-refractivity contribution in [3.05, 3.63) is 76.4 Å². The molecule has 2 aromatic carbocycles. The molecule has 0 spiro atoms. The number of rotatable bonds is 3. The van der Waals surface area contributed by atoms with Crippen LogP contribution in [-0.2, 0) is 12.8 Å². The number of likely N-dealkylation sites (tertiary alicyclic amines) is 1. The molecule has 2 aliphatic rings. The van der Waals surface area contributed by atoms with Gasteiger partial charge in [-0.25, -0.2) is 0 Å². The topological polar surface area (TPSA) is 31.9 Å². The number of fused-ring (bicyclic) bond motifs is 1. The van der Waals surface area contributed by atoms with E-state index in [9.17, 15) is 0 Å². The van der Waals surface area contributed by atoms with E-state index in [1.807, 2.05) is 24.3 Å². The quantitative estimate of drug-likeness (QED) is 0.610. The molecule has 1 aliphatic heterocycles. The van der Waals surface area contributed by atoms with Crippen molar-refractivity contribution in [1.29, 1.82) is 0 Å². The molecule has 1 aliphatic carbocycles. The van der Waals surface area contributed by atoms with E-state index in [1.54, 1.807) is 5.56 Å². The summed E-state index contributed by atoms with van der Waals surface area (Å²) < 4.78 is 0. The van der Waals surface area contributed by atoms with E-state index in [0.717, 1.165) is 16.3 Å². The summed E-state index contributed by atoms with van der Waals surface area (Å²) in [6.45, 7) is 1.19. The van der Waals surface area contributed by atoms with Gasteiger partial charge in [0, 0.05) is 16.6 Å². The molecule has 28 heavy (non-hydrogen) atoms. The lowest BCUT2D eigenvalue weighted by Crippen LogP contribution is -2.44. The Morgan fingerprint density at radius 1 is 0.964 bits per heavy atom. The number of aromatic amines is 1. The summed E-state index contributed by atoms with van der Waals surface area (Å²) in [6, 6.07) is 20.2. The smallest absolute Gasteiger partial charge is 0.0924 e. The van der Waals surface area contributed by atoms with Crippen LogP contribution in [0.25, 0.3) is 11.3 Å². The predicted molar refractivity (Wildman–Crippen MR) is 115 cm³/mol. The highest BCUT2D eigenvalue weighted by Crippen LogP contribution is 2.36. The van der Waals surface area contributed by atoms with E-state index in [4.69, 9.17) is 11.6 Å². The molecule has 3 aromatic rings. The molecule has 3 nitrogen and oxygen atoms in total. The molecule has 4 heteroatoms. The van der Waals surface area contributed by atoms with E-state index < -0.39 is 0 Å². The summed E-state index contributed by atoms with van der Waals surface area (Å²) in [5.74, 6) is 0. The second-order valence-electron chi connectivity index (χ2n) is 8.13. The third-order valence-electron chi connectivity index (χ3n) is 6.43. The van der Waals surface area contributed by atoms with Gasteiger partial charge in [0.25, 0.3) is 0 Å². The molecule has 2 heterocycles. The minimum absolute atomic E-state index is 0.442. The van der Waals surface area contributed by atoms with Gasteiger partial charge >= 0.3 is 0 Å². The number of piperidine rings is 1. The Balaban J connectivity index is 1.39. The zero-order valence-corrected chi connectivity index (χ0v) is 16.8. The molecule has 144 valence electrons. The Bertz CT molecular complexity index is 946. The average Bonchev–Trinajstić information content (AvgIpc) is 3.24. The normalized spacial score (nSPS) is 22.8. The molecule has 0 bridgehead atoms. The molecular formula is C24H26ClN3. The largest absolute Gasteiger partial charge is 0.292 e. The molecule has 5 rings (SSSR count). The van der Waals surface area contributed by atoms with Crippen LogP contribution in [0.4, 0.5) is 0 Å². The average molecular weight is 392 g/mol. The first-order valence-electron chi connectivity index (χ1n) is 10.4. The van der Waals surface area contributed by atoms with Gasteiger partial charge in [-0.05, 0) is 68.0 Å². The summed E-state index contributed by atoms with van der Waals surface area (Å²) in [5, 5.41) is 8.72. The molecule has 0 saturated carbocycles. The van der Waals surface area contributed by atoms with Crippen molar-refractivity contribution in [1.82, 2.24) is 15.1 Å². The minimum Gasteiger partial charge on any atom is -0.292 e. The highest BCUT2D eigenvalue weighted by atomic mass is 35.5. The lowest BCUT2D eigenvalue weighted by Gasteiger charge is -2.42. The standard InChI is InChI=1S/C24H26ClN3/c25-20-11-8-18(9-12-20)22-16-23(27-26-22)24-7-3-4-14-28(24)21-13-10-17-5-1-2-6-19(17)15-21/h1-2,5-6,8-9,11-12,16,21,24H,3-4,7,10,13-15H2,(H,26,27). The van der Waals surface area contributed by atoms with Crippen LogP contribution < -0.4 is 0 Å². The van der Waals surface area contributed by atoms with E-state index >= 15 is 0 Å². The van der Waals surface area contributed by atoms with Gasteiger partial charge in [0.05, 0.1) is 17.4 Å². The Hall–Kier alpha value is -2.10. The van der Waals surface area contributed by atoms with Gasteiger partial charge in [0.15, 0.2) is 0 Å². The van der Waals surface area contributed by atoms with Crippen LogP contribution in [0.5, 0.6) is 0 Å². The van der Waals surface area contributed by atoms with Crippen LogP contribution in [0.3, 0.4) is 0 Å². The van der Waals surface area contributed by atoms with Gasteiger partial charge in [-0.3, -0.25) is 10.00 Å². The number of aryl methyl sites for hydroxylation is 1. The summed E-state index contributed by atoms with van der Waals surface area (Å²) in [4.78, 5) is 2.75. The summed E-state index contributed by atoms with van der Waals surface area (Å²) in [5.41, 5.74) is 6.45. The molecule has 0 radical (unpaired) electrons. The second kappa shape index (κ2) is 7.73. The van der Waals surface area contributed by atoms with Crippen molar-refractivity contribution >= 4 is 11.6 Å². The van der Waals surface area contributed by atoms with Crippen LogP contribution in [0.2, 0.25) is 5.02 Å². The fourth-order valence-electron chi connectivity index (χ4n) is 4.96. The highest BCUT2D eigenvalue weighted by Gasteiger charge is 2.33. The molecule has 0 amide bonds. The summed E-state index contributed by atoms with van der Waals surface area (Å²) in [6.07, 6.45) is 7.42. The van der Waals surface area contributed by atoms with Crippen LogP contribution in [0, 0.1) is 0 Å². The number of hydrogen-bond acceptors (Lipinski definition) is 2. The van der Waals surface area contributed by atoms with Crippen molar-refractivity contribution in [3.8, 4) is 11.3 Å². The van der Waals surface area contributed by atoms with Crippen molar-refractivity contribution in [3.63, 3.8) is 0 Å². The number of benzene rings is 2. The summed E-state index contributed by atoms with van der Waals surface area (Å²) in [7, 11) is 0. The van der Waals surface area contributed by atoms with Crippen molar-refractivity contribution < 1.29 is 0 Å². The minimum atomic E-state index is 0.442. The number of halogens is 1. The molecule has 2 unspecified atom stereocenters. The van der Waals surface area contributed by atoms with E-state index in [-0.39, 0.29) is 0 Å². The third-order valence-corrected chi connectivity index (χ3v) is 6.68. The lowest BCUT2D eigenvalue weighted by atomic mass is 9.85. The van der Waals surface area contributed by atoms with Crippen LogP contribution in [0.15, 0.2) is 54.6 Å². The number of nitrogens with zero attached hydrogens (tertiary/aromatic N) is 2. The molecular weight excluding hydrogens is 366 g/mol. The maximum atomic E-state index is 6.03. The Morgan fingerprint density at radius 2 is 1.79 bits per heavy atom. The highest BCUT2D eigenvalue weighted by molar-refractivity contribution is 6.30. The van der Waals surface area contributed by atoms with Crippen LogP contribution >= 0.6 is 11.6 Å². The molecule has 1 N–H and O–H groups in total. The van der Waals surface area contributed by atoms with Crippen LogP contribution in [-0.4, -0.2) is 27.7 Å². The van der Waals surface area contributed by atoms with Gasteiger partial charge in [0.2, 0.25) is 0 Å². The van der Waals surface area contributed by atoms with Gasteiger partial charge in [-0.15, -0.1) is 0 Å². The van der Waals surface area contributed by atoms with Gasteiger partial charge in [-0.1, -0.05) is 54.4 Å². The maximum absolute atomic E-state index is 6.03. The second-order valence-corrected chi connectivity index (χ2v) is 8.57. The van der Waals surface area contributed by atoms with E-state index in [1.165, 1.54) is 56.3 Å². The van der Waals surface area contributed by atoms with Crippen molar-refractivity contribution in [2.24, 2.45) is 0 Å². The van der Waals surface area contributed by atoms with Crippen molar-refractivity contribution in [2.45, 2.75) is 50.6 Å². The monoisotopic (exact) mass is 391 g/mol. The maximum Gasteiger partial charge on any atom is 0.0924 e. The SMILES string of the molecule is Clc1ccc(-c2cc(C3CCCCN3C3CCc4ccccc4C3)[nH]n2)cc1. The number of aromatic nitrogens is 2. The number of nitrogens with one attached hydrogen (secondary N) is 1. The number of H-pyrrole nitrogens is 1. The molecule has 1 fully saturated rings. The first-order valence-corrected chi connectivity index (χ1v) is 10.8. The third kappa shape index (κ3) is 3.49. The Morgan fingerprint density at radius 3 is 2.64 bits per heavy atom. The zero-order chi connectivity index (χ0) is 18.9. The van der Waals surface area contributed by atoms with Gasteiger partial charge in [-0.2, -0.15) is 5.10 Å². The fraction of sp³-hybridized carbons (Fsp3) is 0.375. The molecule has 1 saturated heterocycles. The van der Waals surface area contributed by atoms with E-state index in [0.29, 0.717) is 12.1 Å². The zero-order valence-electron chi connectivity index (χ0n) is 16.1. The first kappa shape index (κ1) is 18.0. The first-order chi connectivity index (χ1) is 13.8. The Kier molecular flexibility index (Phi) is 4.96. The van der Waals surface area contributed by atoms with E-state index in [2.05, 4.69) is 45.4 Å². The molecule has 2 atom stereocenters.